The number of esters is 3. The number of benzene rings is 2. The monoisotopic (exact) mass is 712 g/mol. The molecule has 1 fully saturated rings. The van der Waals surface area contributed by atoms with Crippen LogP contribution >= 0.6 is 0 Å². The summed E-state index contributed by atoms with van der Waals surface area (Å²) in [7, 11) is 0. The van der Waals surface area contributed by atoms with Crippen molar-refractivity contribution in [3.05, 3.63) is 58.2 Å². The Labute approximate surface area is 277 Å². The first-order chi connectivity index (χ1) is 22.0. The van der Waals surface area contributed by atoms with Crippen LogP contribution in [0, 0.1) is 69.7 Å². The van der Waals surface area contributed by atoms with Crippen LogP contribution in [0.4, 0.5) is 35.1 Å². The van der Waals surface area contributed by atoms with Crippen LogP contribution in [0.25, 0.3) is 0 Å². The van der Waals surface area contributed by atoms with Crippen molar-refractivity contribution < 1.29 is 73.3 Å². The maximum absolute atomic E-state index is 13.5. The van der Waals surface area contributed by atoms with Gasteiger partial charge in [-0.1, -0.05) is 0 Å². The first kappa shape index (κ1) is 42.7. The molecule has 49 heavy (non-hydrogen) atoms. The molecule has 0 saturated heterocycles. The second-order valence-electron chi connectivity index (χ2n) is 13.8. The van der Waals surface area contributed by atoms with Crippen LogP contribution in [0.3, 0.4) is 0 Å². The molecule has 2 aromatic carbocycles. The Kier molecular flexibility index (Phi) is 13.8. The third kappa shape index (κ3) is 11.1. The number of hydrogen-bond acceptors (Lipinski definition) is 8. The topological polar surface area (TPSA) is 113 Å². The highest BCUT2D eigenvalue weighted by molar-refractivity contribution is 6.12. The number of ether oxygens (including phenoxy) is 3. The van der Waals surface area contributed by atoms with Crippen LogP contribution in [0.1, 0.15) is 80.7 Å². The highest BCUT2D eigenvalue weighted by atomic mass is 19.2. The summed E-state index contributed by atoms with van der Waals surface area (Å²) in [5, 5.41) is 0. The Morgan fingerprint density at radius 3 is 1.22 bits per heavy atom. The number of ketones is 2. The quantitative estimate of drug-likeness (QED) is 0.0800. The van der Waals surface area contributed by atoms with Crippen molar-refractivity contribution in [3.8, 4) is 11.5 Å². The molecule has 0 radical (unpaired) electrons. The zero-order chi connectivity index (χ0) is 38.6. The number of rotatable bonds is 3. The zero-order valence-corrected chi connectivity index (χ0v) is 28.4. The lowest BCUT2D eigenvalue weighted by molar-refractivity contribution is -0.164. The average Bonchev–Trinajstić information content (AvgIpc) is 3.29. The molecule has 272 valence electrons. The largest absolute Gasteiger partial charge is 0.446 e. The highest BCUT2D eigenvalue weighted by Gasteiger charge is 2.38. The van der Waals surface area contributed by atoms with Gasteiger partial charge in [-0.05, 0) is 80.9 Å². The molecule has 0 heterocycles. The van der Waals surface area contributed by atoms with E-state index < -0.39 is 98.3 Å². The summed E-state index contributed by atoms with van der Waals surface area (Å²) in [5.41, 5.74) is -2.89. The highest BCUT2D eigenvalue weighted by Crippen LogP contribution is 2.31. The van der Waals surface area contributed by atoms with Gasteiger partial charge in [0.15, 0.2) is 23.2 Å². The number of carbonyl (C=O) groups excluding carboxylic acids is 5. The fourth-order valence-electron chi connectivity index (χ4n) is 3.06. The summed E-state index contributed by atoms with van der Waals surface area (Å²) in [5.74, 6) is -20.4. The molecule has 0 unspecified atom stereocenters. The van der Waals surface area contributed by atoms with E-state index in [4.69, 9.17) is 4.74 Å². The van der Waals surface area contributed by atoms with Gasteiger partial charge in [0, 0.05) is 12.8 Å². The van der Waals surface area contributed by atoms with Crippen molar-refractivity contribution in [2.45, 2.75) is 88.2 Å². The Bertz CT molecular complexity index is 1560. The van der Waals surface area contributed by atoms with E-state index in [1.165, 1.54) is 48.5 Å². The van der Waals surface area contributed by atoms with Crippen molar-refractivity contribution >= 4 is 29.5 Å². The molecule has 1 aliphatic carbocycles. The maximum Gasteiger partial charge on any atom is 0.316 e. The molecule has 3 rings (SSSR count). The lowest BCUT2D eigenvalue weighted by Crippen LogP contribution is -2.33. The summed E-state index contributed by atoms with van der Waals surface area (Å²) >= 11 is 0. The summed E-state index contributed by atoms with van der Waals surface area (Å²) in [6, 6.07) is 0.707. The molecule has 1 saturated carbocycles. The first-order valence-electron chi connectivity index (χ1n) is 14.4. The van der Waals surface area contributed by atoms with Crippen molar-refractivity contribution in [3.63, 3.8) is 0 Å². The van der Waals surface area contributed by atoms with E-state index in [-0.39, 0.29) is 30.0 Å². The number of aryl methyl sites for hydroxylation is 1. The van der Waals surface area contributed by atoms with Gasteiger partial charge in [0.2, 0.25) is 52.5 Å². The molecule has 0 N–H and O–H groups in total. The van der Waals surface area contributed by atoms with Crippen LogP contribution in [-0.4, -0.2) is 35.6 Å². The zero-order valence-electron chi connectivity index (χ0n) is 28.4. The number of Topliss-reactive ketones (excluding diaryl/α,β-unsaturated/α-hetero) is 2. The van der Waals surface area contributed by atoms with Crippen LogP contribution in [-0.2, 0) is 28.7 Å². The Morgan fingerprint density at radius 1 is 0.551 bits per heavy atom. The van der Waals surface area contributed by atoms with Gasteiger partial charge in [0.05, 0.1) is 16.2 Å². The predicted molar refractivity (Wildman–Crippen MR) is 156 cm³/mol. The van der Waals surface area contributed by atoms with Gasteiger partial charge in [-0.15, -0.1) is 0 Å². The van der Waals surface area contributed by atoms with E-state index in [9.17, 15) is 59.1 Å². The molecule has 16 heteroatoms. The first-order valence-corrected chi connectivity index (χ1v) is 14.4. The Balaban J connectivity index is 0.000000370. The fourth-order valence-corrected chi connectivity index (χ4v) is 3.06. The molecule has 0 atom stereocenters. The Morgan fingerprint density at radius 2 is 0.878 bits per heavy atom. The minimum Gasteiger partial charge on any atom is -0.446 e. The number of carbonyl (C=O) groups is 5. The average molecular weight is 713 g/mol. The maximum atomic E-state index is 13.5. The van der Waals surface area contributed by atoms with Gasteiger partial charge in [-0.3, -0.25) is 24.0 Å². The second-order valence-corrected chi connectivity index (χ2v) is 13.8. The van der Waals surface area contributed by atoms with E-state index in [1.54, 1.807) is 20.8 Å². The van der Waals surface area contributed by atoms with E-state index in [1.807, 2.05) is 0 Å². The molecule has 1 aliphatic rings. The van der Waals surface area contributed by atoms with Crippen LogP contribution in [0.5, 0.6) is 11.5 Å². The summed E-state index contributed by atoms with van der Waals surface area (Å²) in [6.07, 6.45) is -0.747. The second kappa shape index (κ2) is 15.9. The van der Waals surface area contributed by atoms with E-state index in [2.05, 4.69) is 9.47 Å². The molecular weight excluding hydrogens is 676 g/mol. The van der Waals surface area contributed by atoms with Gasteiger partial charge in [-0.2, -0.15) is 13.2 Å². The third-order valence-corrected chi connectivity index (χ3v) is 6.12. The molecule has 2 aromatic rings. The van der Waals surface area contributed by atoms with E-state index in [0.29, 0.717) is 6.07 Å². The predicted octanol–water partition coefficient (Wildman–Crippen LogP) is 7.57. The van der Waals surface area contributed by atoms with Gasteiger partial charge in [-0.25, -0.2) is 22.0 Å². The van der Waals surface area contributed by atoms with Crippen molar-refractivity contribution in [1.29, 1.82) is 0 Å². The molecule has 0 aromatic heterocycles. The van der Waals surface area contributed by atoms with Gasteiger partial charge < -0.3 is 14.2 Å². The van der Waals surface area contributed by atoms with Crippen molar-refractivity contribution in [1.82, 2.24) is 0 Å². The number of hydrogen-bond donors (Lipinski definition) is 0. The lowest BCUT2D eigenvalue weighted by atomic mass is 9.97. The fraction of sp³-hybridized carbons (Fsp3) is 0.485. The summed E-state index contributed by atoms with van der Waals surface area (Å²) in [6.45, 7) is 15.0. The van der Waals surface area contributed by atoms with Gasteiger partial charge in [0.25, 0.3) is 0 Å². The van der Waals surface area contributed by atoms with Crippen molar-refractivity contribution in [2.75, 3.05) is 0 Å². The van der Waals surface area contributed by atoms with Crippen LogP contribution in [0.2, 0.25) is 0 Å². The molecule has 0 amide bonds. The van der Waals surface area contributed by atoms with Gasteiger partial charge in [0.1, 0.15) is 0 Å². The molecule has 8 nitrogen and oxygen atoms in total. The van der Waals surface area contributed by atoms with Crippen molar-refractivity contribution in [2.24, 2.45) is 16.2 Å². The summed E-state index contributed by atoms with van der Waals surface area (Å²) in [4.78, 5) is 56.5. The number of halogens is 8. The smallest absolute Gasteiger partial charge is 0.316 e. The van der Waals surface area contributed by atoms with Crippen LogP contribution in [0.15, 0.2) is 6.07 Å². The van der Waals surface area contributed by atoms with Gasteiger partial charge >= 0.3 is 17.9 Å². The minimum atomic E-state index is -2.31. The summed E-state index contributed by atoms with van der Waals surface area (Å²) < 4.78 is 118. The SMILES string of the molecule is CC(C)(C)C(=O)OC1C(=O)CCC1=O.CC(C)(C)C(=O)Oc1c(F)c(F)c(F)c(F)c1F.Cc1cc(F)c(F)c(OC(=O)C(C)(C)C)c1F. The van der Waals surface area contributed by atoms with E-state index in [0.717, 1.165) is 0 Å². The Hall–Kier alpha value is -4.37. The molecule has 0 aliphatic heterocycles. The van der Waals surface area contributed by atoms with Crippen LogP contribution < -0.4 is 9.47 Å². The minimum absolute atomic E-state index is 0.124. The molecular formula is C33H36F8O8. The van der Waals surface area contributed by atoms with E-state index >= 15 is 0 Å². The molecule has 0 bridgehead atoms. The standard InChI is InChI=1S/C12H13F3O2.C11H9F5O2.C10H14O4/c1-6-5-7(13)9(15)10(8(6)14)17-11(16)12(2,3)4;1-11(2,3)10(17)18-9-7(15)5(13)4(12)6(14)8(9)16;1-10(2,3)9(13)14-8-6(11)4-5-7(8)12/h5H,1-4H3;1-3H3;8H,4-5H2,1-3H3. The molecule has 0 spiro atoms. The third-order valence-electron chi connectivity index (χ3n) is 6.12. The lowest BCUT2D eigenvalue weighted by Gasteiger charge is -2.18. The normalized spacial score (nSPS) is 13.6.